The van der Waals surface area contributed by atoms with E-state index >= 15 is 0 Å². The standard InChI is InChI=1S/C28H32N2O4S/c1-18-12-19(2)14-21(13-18)29-28(35)30-11-10-20-15-26(32-4)27(33-5)16-22(20)23(30)17-34-25-9-7-6-8-24(25)31-3/h6-9,12-16,23H,10-11,17H2,1-5H3,(H,29,35)/t23-/m0/s1. The lowest BCUT2D eigenvalue weighted by Crippen LogP contribution is -2.44. The number of fused-ring (bicyclic) bond motifs is 1. The molecule has 0 saturated carbocycles. The van der Waals surface area contributed by atoms with Gasteiger partial charge in [-0.25, -0.2) is 0 Å². The average Bonchev–Trinajstić information content (AvgIpc) is 2.85. The van der Waals surface area contributed by atoms with Crippen molar-refractivity contribution in [1.29, 1.82) is 0 Å². The van der Waals surface area contributed by atoms with Crippen LogP contribution in [0.15, 0.2) is 54.6 Å². The minimum atomic E-state index is -0.130. The third-order valence-corrected chi connectivity index (χ3v) is 6.54. The Hall–Kier alpha value is -3.45. The second kappa shape index (κ2) is 10.9. The van der Waals surface area contributed by atoms with Crippen molar-refractivity contribution in [2.24, 2.45) is 0 Å². The highest BCUT2D eigenvalue weighted by atomic mass is 32.1. The Morgan fingerprint density at radius 1 is 0.886 bits per heavy atom. The number of nitrogens with zero attached hydrogens (tertiary/aromatic N) is 1. The zero-order valence-electron chi connectivity index (χ0n) is 20.9. The van der Waals surface area contributed by atoms with Gasteiger partial charge in [0.15, 0.2) is 28.1 Å². The second-order valence-corrected chi connectivity index (χ2v) is 9.02. The summed E-state index contributed by atoms with van der Waals surface area (Å²) in [4.78, 5) is 2.19. The lowest BCUT2D eigenvalue weighted by atomic mass is 9.92. The first kappa shape index (κ1) is 24.7. The quantitative estimate of drug-likeness (QED) is 0.424. The number of methoxy groups -OCH3 is 3. The average molecular weight is 493 g/mol. The third kappa shape index (κ3) is 5.46. The minimum absolute atomic E-state index is 0.130. The van der Waals surface area contributed by atoms with E-state index in [2.05, 4.69) is 48.3 Å². The van der Waals surface area contributed by atoms with E-state index in [0.29, 0.717) is 29.0 Å². The molecule has 0 fully saturated rings. The summed E-state index contributed by atoms with van der Waals surface area (Å²) >= 11 is 5.92. The topological polar surface area (TPSA) is 52.2 Å². The maximum absolute atomic E-state index is 6.30. The van der Waals surface area contributed by atoms with Crippen LogP contribution in [0.25, 0.3) is 0 Å². The van der Waals surface area contributed by atoms with Crippen molar-refractivity contribution in [3.63, 3.8) is 0 Å². The Morgan fingerprint density at radius 3 is 2.17 bits per heavy atom. The number of hydrogen-bond acceptors (Lipinski definition) is 5. The maximum Gasteiger partial charge on any atom is 0.174 e. The summed E-state index contributed by atoms with van der Waals surface area (Å²) in [6.07, 6.45) is 0.829. The molecule has 0 unspecified atom stereocenters. The van der Waals surface area contributed by atoms with Crippen LogP contribution in [0.5, 0.6) is 23.0 Å². The molecular weight excluding hydrogens is 460 g/mol. The molecule has 7 heteroatoms. The van der Waals surface area contributed by atoms with Crippen molar-refractivity contribution in [3.05, 3.63) is 76.9 Å². The Morgan fingerprint density at radius 2 is 1.51 bits per heavy atom. The molecule has 6 nitrogen and oxygen atoms in total. The monoisotopic (exact) mass is 492 g/mol. The Kier molecular flexibility index (Phi) is 7.66. The summed E-state index contributed by atoms with van der Waals surface area (Å²) in [5.41, 5.74) is 5.66. The maximum atomic E-state index is 6.30. The molecular formula is C28H32N2O4S. The van der Waals surface area contributed by atoms with Crippen molar-refractivity contribution < 1.29 is 18.9 Å². The number of nitrogens with one attached hydrogen (secondary N) is 1. The molecule has 0 aromatic heterocycles. The summed E-state index contributed by atoms with van der Waals surface area (Å²) in [7, 11) is 4.95. The van der Waals surface area contributed by atoms with Crippen LogP contribution in [0.2, 0.25) is 0 Å². The molecule has 1 heterocycles. The number of benzene rings is 3. The van der Waals surface area contributed by atoms with Crippen LogP contribution in [0, 0.1) is 13.8 Å². The van der Waals surface area contributed by atoms with Crippen molar-refractivity contribution in [3.8, 4) is 23.0 Å². The first-order valence-electron chi connectivity index (χ1n) is 11.6. The van der Waals surface area contributed by atoms with Crippen LogP contribution in [0.3, 0.4) is 0 Å². The van der Waals surface area contributed by atoms with Gasteiger partial charge >= 0.3 is 0 Å². The van der Waals surface area contributed by atoms with E-state index in [1.807, 2.05) is 30.3 Å². The molecule has 3 aromatic carbocycles. The number of rotatable bonds is 7. The number of ether oxygens (including phenoxy) is 4. The van der Waals surface area contributed by atoms with Crippen LogP contribution in [0.4, 0.5) is 5.69 Å². The van der Waals surface area contributed by atoms with E-state index in [0.717, 1.165) is 30.0 Å². The Bertz CT molecular complexity index is 1190. The van der Waals surface area contributed by atoms with Gasteiger partial charge in [0.25, 0.3) is 0 Å². The summed E-state index contributed by atoms with van der Waals surface area (Å²) < 4.78 is 22.9. The summed E-state index contributed by atoms with van der Waals surface area (Å²) in [5.74, 6) is 2.79. The van der Waals surface area contributed by atoms with Gasteiger partial charge in [0.05, 0.1) is 27.4 Å². The molecule has 184 valence electrons. The van der Waals surface area contributed by atoms with Crippen LogP contribution in [-0.4, -0.2) is 44.5 Å². The van der Waals surface area contributed by atoms with Crippen molar-refractivity contribution in [2.75, 3.05) is 39.8 Å². The zero-order valence-corrected chi connectivity index (χ0v) is 21.7. The van der Waals surface area contributed by atoms with Crippen molar-refractivity contribution in [2.45, 2.75) is 26.3 Å². The molecule has 1 atom stereocenters. The van der Waals surface area contributed by atoms with Gasteiger partial charge in [-0.05, 0) is 91.1 Å². The lowest BCUT2D eigenvalue weighted by molar-refractivity contribution is 0.185. The van der Waals surface area contributed by atoms with Crippen molar-refractivity contribution >= 4 is 23.0 Å². The number of anilines is 1. The molecule has 0 saturated heterocycles. The lowest BCUT2D eigenvalue weighted by Gasteiger charge is -2.39. The van der Waals surface area contributed by atoms with E-state index in [9.17, 15) is 0 Å². The first-order valence-corrected chi connectivity index (χ1v) is 12.0. The minimum Gasteiger partial charge on any atom is -0.493 e. The molecule has 3 aromatic rings. The molecule has 1 aliphatic rings. The van der Waals surface area contributed by atoms with Gasteiger partial charge in [0, 0.05) is 12.2 Å². The molecule has 1 N–H and O–H groups in total. The predicted octanol–water partition coefficient (Wildman–Crippen LogP) is 5.70. The first-order chi connectivity index (χ1) is 16.9. The molecule has 0 radical (unpaired) electrons. The van der Waals surface area contributed by atoms with E-state index < -0.39 is 0 Å². The fourth-order valence-corrected chi connectivity index (χ4v) is 4.94. The molecule has 4 rings (SSSR count). The van der Waals surface area contributed by atoms with E-state index in [1.54, 1.807) is 21.3 Å². The van der Waals surface area contributed by atoms with Gasteiger partial charge in [0.1, 0.15) is 6.61 Å². The second-order valence-electron chi connectivity index (χ2n) is 8.63. The molecule has 0 amide bonds. The van der Waals surface area contributed by atoms with Gasteiger partial charge in [-0.15, -0.1) is 0 Å². The molecule has 0 aliphatic carbocycles. The van der Waals surface area contributed by atoms with Crippen LogP contribution >= 0.6 is 12.2 Å². The van der Waals surface area contributed by atoms with Crippen molar-refractivity contribution in [1.82, 2.24) is 4.90 Å². The fourth-order valence-electron chi connectivity index (χ4n) is 4.60. The summed E-state index contributed by atoms with van der Waals surface area (Å²) in [6.45, 7) is 5.31. The van der Waals surface area contributed by atoms with Gasteiger partial charge in [-0.2, -0.15) is 0 Å². The highest BCUT2D eigenvalue weighted by molar-refractivity contribution is 7.80. The van der Waals surface area contributed by atoms with E-state index in [4.69, 9.17) is 31.2 Å². The van der Waals surface area contributed by atoms with Crippen LogP contribution < -0.4 is 24.3 Å². The highest BCUT2D eigenvalue weighted by Gasteiger charge is 2.31. The number of hydrogen-bond donors (Lipinski definition) is 1. The predicted molar refractivity (Wildman–Crippen MR) is 143 cm³/mol. The molecule has 0 bridgehead atoms. The van der Waals surface area contributed by atoms with E-state index in [1.165, 1.54) is 16.7 Å². The third-order valence-electron chi connectivity index (χ3n) is 6.20. The smallest absolute Gasteiger partial charge is 0.174 e. The van der Waals surface area contributed by atoms with Gasteiger partial charge in [-0.3, -0.25) is 0 Å². The highest BCUT2D eigenvalue weighted by Crippen LogP contribution is 2.39. The molecule has 35 heavy (non-hydrogen) atoms. The van der Waals surface area contributed by atoms with Crippen LogP contribution in [-0.2, 0) is 6.42 Å². The summed E-state index contributed by atoms with van der Waals surface area (Å²) in [5, 5.41) is 4.10. The number of aryl methyl sites for hydroxylation is 2. The van der Waals surface area contributed by atoms with Gasteiger partial charge in [0.2, 0.25) is 0 Å². The summed E-state index contributed by atoms with van der Waals surface area (Å²) in [6, 6.07) is 18.0. The Balaban J connectivity index is 1.67. The molecule has 0 spiro atoms. The normalized spacial score (nSPS) is 14.7. The van der Waals surface area contributed by atoms with Gasteiger partial charge in [-0.1, -0.05) is 18.2 Å². The fraction of sp³-hybridized carbons (Fsp3) is 0.321. The SMILES string of the molecule is COc1cc2c(cc1OC)[C@H](COc1ccccc1OC)N(C(=S)Nc1cc(C)cc(C)c1)CC2. The van der Waals surface area contributed by atoms with Crippen LogP contribution in [0.1, 0.15) is 28.3 Å². The Labute approximate surface area is 212 Å². The zero-order chi connectivity index (χ0) is 24.9. The number of para-hydroxylation sites is 2. The largest absolute Gasteiger partial charge is 0.493 e. The molecule has 1 aliphatic heterocycles. The number of thiocarbonyl (C=S) groups is 1. The van der Waals surface area contributed by atoms with E-state index in [-0.39, 0.29) is 6.04 Å². The van der Waals surface area contributed by atoms with Gasteiger partial charge < -0.3 is 29.2 Å².